The molecule has 0 radical (unpaired) electrons. The molecule has 0 aliphatic carbocycles. The van der Waals surface area contributed by atoms with E-state index in [1.807, 2.05) is 6.07 Å². The van der Waals surface area contributed by atoms with E-state index in [0.717, 1.165) is 5.56 Å². The predicted octanol–water partition coefficient (Wildman–Crippen LogP) is 3.97. The summed E-state index contributed by atoms with van der Waals surface area (Å²) in [6.45, 7) is 0.497. The molecule has 3 nitrogen and oxygen atoms in total. The number of carbonyl (C=O) groups is 1. The van der Waals surface area contributed by atoms with Crippen LogP contribution >= 0.6 is 23.2 Å². The highest BCUT2D eigenvalue weighted by Crippen LogP contribution is 2.21. The highest BCUT2D eigenvalue weighted by atomic mass is 35.5. The van der Waals surface area contributed by atoms with Crippen molar-refractivity contribution in [1.82, 2.24) is 5.32 Å². The Kier molecular flexibility index (Phi) is 5.48. The lowest BCUT2D eigenvalue weighted by atomic mass is 10.1. The lowest BCUT2D eigenvalue weighted by molar-refractivity contribution is 0.0954. The molecule has 5 heteroatoms. The Bertz CT molecular complexity index is 644. The summed E-state index contributed by atoms with van der Waals surface area (Å²) in [5.74, 6) is 0.516. The molecule has 0 bridgehead atoms. The van der Waals surface area contributed by atoms with Crippen molar-refractivity contribution in [3.8, 4) is 5.75 Å². The Hall–Kier alpha value is -1.71. The smallest absolute Gasteiger partial charge is 0.251 e. The summed E-state index contributed by atoms with van der Waals surface area (Å²) in [7, 11) is 1.57. The topological polar surface area (TPSA) is 38.3 Å². The van der Waals surface area contributed by atoms with Gasteiger partial charge in [-0.15, -0.1) is 0 Å². The van der Waals surface area contributed by atoms with Crippen molar-refractivity contribution in [2.75, 3.05) is 13.7 Å². The highest BCUT2D eigenvalue weighted by molar-refractivity contribution is 6.35. The second-order valence-electron chi connectivity index (χ2n) is 4.47. The lowest BCUT2D eigenvalue weighted by Gasteiger charge is -2.08. The van der Waals surface area contributed by atoms with Crippen molar-refractivity contribution in [2.45, 2.75) is 6.42 Å². The van der Waals surface area contributed by atoms with Crippen LogP contribution in [-0.4, -0.2) is 19.6 Å². The van der Waals surface area contributed by atoms with E-state index in [-0.39, 0.29) is 5.91 Å². The molecular formula is C16H15Cl2NO2. The number of hydrogen-bond acceptors (Lipinski definition) is 2. The van der Waals surface area contributed by atoms with E-state index in [1.54, 1.807) is 43.5 Å². The summed E-state index contributed by atoms with van der Waals surface area (Å²) < 4.78 is 5.10. The van der Waals surface area contributed by atoms with Gasteiger partial charge in [-0.25, -0.2) is 0 Å². The molecule has 21 heavy (non-hydrogen) atoms. The summed E-state index contributed by atoms with van der Waals surface area (Å²) in [5, 5.41) is 4.06. The maximum absolute atomic E-state index is 12.0. The van der Waals surface area contributed by atoms with Gasteiger partial charge in [0.2, 0.25) is 0 Å². The van der Waals surface area contributed by atoms with Crippen LogP contribution < -0.4 is 10.1 Å². The molecule has 0 atom stereocenters. The number of benzene rings is 2. The fraction of sp³-hybridized carbons (Fsp3) is 0.188. The fourth-order valence-electron chi connectivity index (χ4n) is 1.90. The molecule has 0 spiro atoms. The van der Waals surface area contributed by atoms with Crippen molar-refractivity contribution in [1.29, 1.82) is 0 Å². The van der Waals surface area contributed by atoms with Crippen LogP contribution in [0, 0.1) is 0 Å². The number of nitrogens with one attached hydrogen (secondary N) is 1. The van der Waals surface area contributed by atoms with E-state index in [0.29, 0.717) is 34.3 Å². The van der Waals surface area contributed by atoms with Gasteiger partial charge < -0.3 is 10.1 Å². The molecule has 0 saturated carbocycles. The quantitative estimate of drug-likeness (QED) is 0.904. The lowest BCUT2D eigenvalue weighted by Crippen LogP contribution is -2.25. The maximum Gasteiger partial charge on any atom is 0.251 e. The SMILES string of the molecule is COc1cccc(C(=O)NCCc2ccc(Cl)cc2Cl)c1. The zero-order valence-electron chi connectivity index (χ0n) is 11.5. The van der Waals surface area contributed by atoms with Crippen LogP contribution in [0.5, 0.6) is 5.75 Å². The molecule has 1 N–H and O–H groups in total. The van der Waals surface area contributed by atoms with Gasteiger partial charge in [-0.2, -0.15) is 0 Å². The van der Waals surface area contributed by atoms with Gasteiger partial charge in [0.1, 0.15) is 5.75 Å². The van der Waals surface area contributed by atoms with Crippen LogP contribution in [0.25, 0.3) is 0 Å². The van der Waals surface area contributed by atoms with Crippen molar-refractivity contribution >= 4 is 29.1 Å². The van der Waals surface area contributed by atoms with Crippen molar-refractivity contribution in [2.24, 2.45) is 0 Å². The van der Waals surface area contributed by atoms with Gasteiger partial charge in [0.05, 0.1) is 7.11 Å². The molecule has 1 amide bonds. The first-order valence-corrected chi connectivity index (χ1v) is 7.22. The number of carbonyl (C=O) groups excluding carboxylic acids is 1. The van der Waals surface area contributed by atoms with Gasteiger partial charge in [0, 0.05) is 22.2 Å². The Morgan fingerprint density at radius 2 is 2.00 bits per heavy atom. The standard InChI is InChI=1S/C16H15Cl2NO2/c1-21-14-4-2-3-12(9-14)16(20)19-8-7-11-5-6-13(17)10-15(11)18/h2-6,9-10H,7-8H2,1H3,(H,19,20). The Morgan fingerprint density at radius 1 is 1.19 bits per heavy atom. The molecule has 0 heterocycles. The van der Waals surface area contributed by atoms with E-state index in [2.05, 4.69) is 5.32 Å². The molecule has 2 rings (SSSR count). The molecular weight excluding hydrogens is 309 g/mol. The number of rotatable bonds is 5. The third-order valence-electron chi connectivity index (χ3n) is 3.03. The third kappa shape index (κ3) is 4.38. The molecule has 0 aliphatic heterocycles. The van der Waals surface area contributed by atoms with Crippen LogP contribution in [0.1, 0.15) is 15.9 Å². The Balaban J connectivity index is 1.92. The first-order valence-electron chi connectivity index (χ1n) is 6.46. The fourth-order valence-corrected chi connectivity index (χ4v) is 2.40. The van der Waals surface area contributed by atoms with Gasteiger partial charge in [-0.05, 0) is 42.3 Å². The third-order valence-corrected chi connectivity index (χ3v) is 3.61. The molecule has 0 unspecified atom stereocenters. The summed E-state index contributed by atoms with van der Waals surface area (Å²) >= 11 is 11.9. The van der Waals surface area contributed by atoms with Crippen LogP contribution in [0.15, 0.2) is 42.5 Å². The molecule has 0 saturated heterocycles. The average molecular weight is 324 g/mol. The number of amides is 1. The second-order valence-corrected chi connectivity index (χ2v) is 5.32. The number of hydrogen-bond donors (Lipinski definition) is 1. The summed E-state index contributed by atoms with van der Waals surface area (Å²) in [5.41, 5.74) is 1.52. The zero-order valence-corrected chi connectivity index (χ0v) is 13.0. The van der Waals surface area contributed by atoms with E-state index < -0.39 is 0 Å². The number of ether oxygens (including phenoxy) is 1. The van der Waals surface area contributed by atoms with Gasteiger partial charge in [-0.1, -0.05) is 35.3 Å². The van der Waals surface area contributed by atoms with Gasteiger partial charge in [0.15, 0.2) is 0 Å². The minimum absolute atomic E-state index is 0.140. The first-order chi connectivity index (χ1) is 10.1. The zero-order chi connectivity index (χ0) is 15.2. The van der Waals surface area contributed by atoms with Crippen LogP contribution in [0.2, 0.25) is 10.0 Å². The Morgan fingerprint density at radius 3 is 2.71 bits per heavy atom. The van der Waals surface area contributed by atoms with E-state index in [4.69, 9.17) is 27.9 Å². The minimum atomic E-state index is -0.140. The van der Waals surface area contributed by atoms with Crippen molar-refractivity contribution in [3.63, 3.8) is 0 Å². The molecule has 0 aromatic heterocycles. The average Bonchev–Trinajstić information content (AvgIpc) is 2.49. The summed E-state index contributed by atoms with van der Waals surface area (Å²) in [6.07, 6.45) is 0.645. The molecule has 110 valence electrons. The van der Waals surface area contributed by atoms with Crippen LogP contribution in [0.4, 0.5) is 0 Å². The van der Waals surface area contributed by atoms with E-state index in [9.17, 15) is 4.79 Å². The van der Waals surface area contributed by atoms with Crippen LogP contribution in [-0.2, 0) is 6.42 Å². The normalized spacial score (nSPS) is 10.2. The predicted molar refractivity (Wildman–Crippen MR) is 85.5 cm³/mol. The molecule has 0 fully saturated rings. The molecule has 2 aromatic rings. The maximum atomic E-state index is 12.0. The van der Waals surface area contributed by atoms with Crippen molar-refractivity contribution < 1.29 is 9.53 Å². The number of methoxy groups -OCH3 is 1. The van der Waals surface area contributed by atoms with E-state index >= 15 is 0 Å². The van der Waals surface area contributed by atoms with Gasteiger partial charge in [-0.3, -0.25) is 4.79 Å². The summed E-state index contributed by atoms with van der Waals surface area (Å²) in [4.78, 5) is 12.0. The summed E-state index contributed by atoms with van der Waals surface area (Å²) in [6, 6.07) is 12.4. The Labute approximate surface area is 133 Å². The molecule has 2 aromatic carbocycles. The highest BCUT2D eigenvalue weighted by Gasteiger charge is 2.07. The number of halogens is 2. The van der Waals surface area contributed by atoms with Gasteiger partial charge >= 0.3 is 0 Å². The van der Waals surface area contributed by atoms with Crippen molar-refractivity contribution in [3.05, 3.63) is 63.6 Å². The first kappa shape index (κ1) is 15.7. The van der Waals surface area contributed by atoms with Gasteiger partial charge in [0.25, 0.3) is 5.91 Å². The minimum Gasteiger partial charge on any atom is -0.497 e. The largest absolute Gasteiger partial charge is 0.497 e. The monoisotopic (exact) mass is 323 g/mol. The molecule has 0 aliphatic rings. The van der Waals surface area contributed by atoms with Crippen LogP contribution in [0.3, 0.4) is 0 Å². The van der Waals surface area contributed by atoms with E-state index in [1.165, 1.54) is 0 Å². The second kappa shape index (κ2) is 7.34.